The quantitative estimate of drug-likeness (QED) is 0.890. The third-order valence-electron chi connectivity index (χ3n) is 4.08. The normalized spacial score (nSPS) is 18.7. The lowest BCUT2D eigenvalue weighted by molar-refractivity contribution is -0.134. The van der Waals surface area contributed by atoms with E-state index in [-0.39, 0.29) is 18.6 Å². The van der Waals surface area contributed by atoms with Crippen LogP contribution < -0.4 is 5.32 Å². The second-order valence-corrected chi connectivity index (χ2v) is 5.58. The Bertz CT molecular complexity index is 687. The molecule has 2 N–H and O–H groups in total. The van der Waals surface area contributed by atoms with E-state index in [1.165, 1.54) is 6.33 Å². The molecule has 6 heteroatoms. The van der Waals surface area contributed by atoms with Gasteiger partial charge >= 0.3 is 0 Å². The second kappa shape index (κ2) is 6.27. The molecule has 1 aromatic heterocycles. The molecule has 1 amide bonds. The minimum Gasteiger partial charge on any atom is -0.395 e. The minimum atomic E-state index is -0.293. The second-order valence-electron chi connectivity index (χ2n) is 5.58. The highest BCUT2D eigenvalue weighted by molar-refractivity contribution is 5.93. The van der Waals surface area contributed by atoms with Crippen molar-refractivity contribution in [2.75, 3.05) is 25.0 Å². The summed E-state index contributed by atoms with van der Waals surface area (Å²) in [5.74, 6) is 0.720. The number of benzene rings is 1. The number of aryl methyl sites for hydroxylation is 1. The van der Waals surface area contributed by atoms with Crippen molar-refractivity contribution in [3.8, 4) is 0 Å². The van der Waals surface area contributed by atoms with Crippen LogP contribution in [0, 0.1) is 6.92 Å². The summed E-state index contributed by atoms with van der Waals surface area (Å²) in [5.41, 5.74) is 1.98. The number of carbonyl (C=O) groups excluding carboxylic acids is 1. The van der Waals surface area contributed by atoms with Gasteiger partial charge in [-0.15, -0.1) is 0 Å². The van der Waals surface area contributed by atoms with Gasteiger partial charge in [0.25, 0.3) is 0 Å². The number of hydrogen-bond acceptors (Lipinski definition) is 5. The zero-order valence-electron chi connectivity index (χ0n) is 12.6. The van der Waals surface area contributed by atoms with Crippen molar-refractivity contribution in [2.45, 2.75) is 25.8 Å². The van der Waals surface area contributed by atoms with E-state index in [0.29, 0.717) is 18.9 Å². The summed E-state index contributed by atoms with van der Waals surface area (Å²) >= 11 is 0. The molecular formula is C16H20N4O2. The number of piperidine rings is 1. The standard InChI is InChI=1S/C16H20N4O2/c1-11-4-2-5-12-14(11)17-10-18-15(12)19-13-6-3-7-20(8-9-21)16(13)22/h2,4-5,10,13,21H,3,6-9H2,1H3,(H,17,18,19)/t13-/m1/s1. The number of aromatic nitrogens is 2. The summed E-state index contributed by atoms with van der Waals surface area (Å²) in [4.78, 5) is 22.8. The fourth-order valence-electron chi connectivity index (χ4n) is 2.93. The van der Waals surface area contributed by atoms with Crippen molar-refractivity contribution in [1.29, 1.82) is 0 Å². The topological polar surface area (TPSA) is 78.4 Å². The lowest BCUT2D eigenvalue weighted by Crippen LogP contribution is -2.48. The Morgan fingerprint density at radius 2 is 2.27 bits per heavy atom. The van der Waals surface area contributed by atoms with Gasteiger partial charge in [0, 0.05) is 18.5 Å². The van der Waals surface area contributed by atoms with Gasteiger partial charge in [-0.3, -0.25) is 4.79 Å². The molecule has 0 spiro atoms. The van der Waals surface area contributed by atoms with Gasteiger partial charge in [0.2, 0.25) is 5.91 Å². The minimum absolute atomic E-state index is 0.00586. The number of hydrogen-bond donors (Lipinski definition) is 2. The highest BCUT2D eigenvalue weighted by atomic mass is 16.3. The van der Waals surface area contributed by atoms with Gasteiger partial charge in [0.05, 0.1) is 12.1 Å². The Balaban J connectivity index is 1.87. The SMILES string of the molecule is Cc1cccc2c(N[C@@H]3CCCN(CCO)C3=O)ncnc12. The average molecular weight is 300 g/mol. The first-order chi connectivity index (χ1) is 10.7. The maximum absolute atomic E-state index is 12.4. The van der Waals surface area contributed by atoms with E-state index in [2.05, 4.69) is 15.3 Å². The molecule has 1 aliphatic rings. The van der Waals surface area contributed by atoms with Crippen molar-refractivity contribution in [3.63, 3.8) is 0 Å². The number of β-amino-alcohol motifs (C(OH)–C–C–N with tert-alkyl or cyclic N) is 1. The molecule has 1 atom stereocenters. The van der Waals surface area contributed by atoms with Crippen molar-refractivity contribution in [3.05, 3.63) is 30.1 Å². The number of rotatable bonds is 4. The van der Waals surface area contributed by atoms with E-state index in [0.717, 1.165) is 29.3 Å². The number of nitrogens with zero attached hydrogens (tertiary/aromatic N) is 3. The largest absolute Gasteiger partial charge is 0.395 e. The highest BCUT2D eigenvalue weighted by Gasteiger charge is 2.28. The first kappa shape index (κ1) is 14.7. The molecule has 1 saturated heterocycles. The smallest absolute Gasteiger partial charge is 0.245 e. The first-order valence-corrected chi connectivity index (χ1v) is 7.57. The molecule has 0 radical (unpaired) electrons. The fourth-order valence-corrected chi connectivity index (χ4v) is 2.93. The van der Waals surface area contributed by atoms with Crippen molar-refractivity contribution in [2.24, 2.45) is 0 Å². The van der Waals surface area contributed by atoms with Crippen LogP contribution >= 0.6 is 0 Å². The van der Waals surface area contributed by atoms with Gasteiger partial charge < -0.3 is 15.3 Å². The summed E-state index contributed by atoms with van der Waals surface area (Å²) in [6.07, 6.45) is 3.22. The number of amides is 1. The number of anilines is 1. The van der Waals surface area contributed by atoms with E-state index in [4.69, 9.17) is 5.11 Å². The number of aliphatic hydroxyl groups is 1. The van der Waals surface area contributed by atoms with Crippen molar-refractivity contribution in [1.82, 2.24) is 14.9 Å². The Morgan fingerprint density at radius 3 is 3.09 bits per heavy atom. The lowest BCUT2D eigenvalue weighted by atomic mass is 10.0. The van der Waals surface area contributed by atoms with E-state index in [1.54, 1.807) is 4.90 Å². The van der Waals surface area contributed by atoms with E-state index < -0.39 is 0 Å². The monoisotopic (exact) mass is 300 g/mol. The molecular weight excluding hydrogens is 280 g/mol. The summed E-state index contributed by atoms with van der Waals surface area (Å²) in [6.45, 7) is 3.10. The van der Waals surface area contributed by atoms with E-state index >= 15 is 0 Å². The van der Waals surface area contributed by atoms with Crippen LogP contribution in [0.25, 0.3) is 10.9 Å². The van der Waals surface area contributed by atoms with Crippen LogP contribution in [0.1, 0.15) is 18.4 Å². The molecule has 3 rings (SSSR count). The Kier molecular flexibility index (Phi) is 4.20. The van der Waals surface area contributed by atoms with Gasteiger partial charge in [0.15, 0.2) is 0 Å². The Labute approximate surface area is 129 Å². The van der Waals surface area contributed by atoms with Gasteiger partial charge in [-0.05, 0) is 31.4 Å². The van der Waals surface area contributed by atoms with Crippen molar-refractivity contribution >= 4 is 22.6 Å². The van der Waals surface area contributed by atoms with Gasteiger partial charge in [0.1, 0.15) is 18.2 Å². The lowest BCUT2D eigenvalue weighted by Gasteiger charge is -2.32. The average Bonchev–Trinajstić information content (AvgIpc) is 2.52. The van der Waals surface area contributed by atoms with Crippen LogP contribution in [0.5, 0.6) is 0 Å². The summed E-state index contributed by atoms with van der Waals surface area (Å²) < 4.78 is 0. The molecule has 1 aliphatic heterocycles. The first-order valence-electron chi connectivity index (χ1n) is 7.57. The van der Waals surface area contributed by atoms with Gasteiger partial charge in [-0.25, -0.2) is 9.97 Å². The summed E-state index contributed by atoms with van der Waals surface area (Å²) in [6, 6.07) is 5.64. The van der Waals surface area contributed by atoms with Crippen LogP contribution in [0.2, 0.25) is 0 Å². The summed E-state index contributed by atoms with van der Waals surface area (Å²) in [5, 5.41) is 13.2. The molecule has 0 saturated carbocycles. The molecule has 6 nitrogen and oxygen atoms in total. The van der Waals surface area contributed by atoms with Crippen molar-refractivity contribution < 1.29 is 9.90 Å². The number of fused-ring (bicyclic) bond motifs is 1. The van der Waals surface area contributed by atoms with E-state index in [1.807, 2.05) is 25.1 Å². The molecule has 116 valence electrons. The number of carbonyl (C=O) groups is 1. The van der Waals surface area contributed by atoms with Crippen LogP contribution in [0.4, 0.5) is 5.82 Å². The number of nitrogens with one attached hydrogen (secondary N) is 1. The van der Waals surface area contributed by atoms with E-state index in [9.17, 15) is 4.79 Å². The molecule has 0 aliphatic carbocycles. The van der Waals surface area contributed by atoms with Crippen LogP contribution in [-0.2, 0) is 4.79 Å². The molecule has 2 heterocycles. The van der Waals surface area contributed by atoms with Crippen LogP contribution in [-0.4, -0.2) is 51.6 Å². The van der Waals surface area contributed by atoms with Crippen LogP contribution in [0.15, 0.2) is 24.5 Å². The zero-order valence-corrected chi connectivity index (χ0v) is 12.6. The van der Waals surface area contributed by atoms with Gasteiger partial charge in [-0.2, -0.15) is 0 Å². The maximum atomic E-state index is 12.4. The molecule has 1 fully saturated rings. The van der Waals surface area contributed by atoms with Gasteiger partial charge in [-0.1, -0.05) is 12.1 Å². The third kappa shape index (κ3) is 2.74. The highest BCUT2D eigenvalue weighted by Crippen LogP contribution is 2.24. The number of para-hydroxylation sites is 1. The number of likely N-dealkylation sites (tertiary alicyclic amines) is 1. The van der Waals surface area contributed by atoms with Crippen LogP contribution in [0.3, 0.4) is 0 Å². The summed E-state index contributed by atoms with van der Waals surface area (Å²) in [7, 11) is 0. The molecule has 1 aromatic carbocycles. The predicted molar refractivity (Wildman–Crippen MR) is 84.6 cm³/mol. The molecule has 0 unspecified atom stereocenters. The third-order valence-corrected chi connectivity index (χ3v) is 4.08. The maximum Gasteiger partial charge on any atom is 0.245 e. The number of aliphatic hydroxyl groups excluding tert-OH is 1. The molecule has 0 bridgehead atoms. The zero-order chi connectivity index (χ0) is 15.5. The fraction of sp³-hybridized carbons (Fsp3) is 0.438. The Morgan fingerprint density at radius 1 is 1.41 bits per heavy atom. The molecule has 22 heavy (non-hydrogen) atoms. The predicted octanol–water partition coefficient (Wildman–Crippen LogP) is 1.33. The molecule has 2 aromatic rings. The Hall–Kier alpha value is -2.21.